The molecule has 0 bridgehead atoms. The van der Waals surface area contributed by atoms with Crippen molar-refractivity contribution >= 4 is 32.8 Å². The second-order valence-corrected chi connectivity index (χ2v) is 13.1. The molecule has 0 N–H and O–H groups in total. The van der Waals surface area contributed by atoms with Gasteiger partial charge in [0.25, 0.3) is 0 Å². The largest absolute Gasteiger partial charge is 0.298 e. The van der Waals surface area contributed by atoms with Gasteiger partial charge in [0, 0.05) is 16.8 Å². The Morgan fingerprint density at radius 2 is 1.38 bits per heavy atom. The fourth-order valence-corrected chi connectivity index (χ4v) is 8.38. The number of aromatic nitrogens is 4. The Balaban J connectivity index is 1.17. The molecule has 42 heavy (non-hydrogen) atoms. The van der Waals surface area contributed by atoms with Crippen LogP contribution in [-0.2, 0) is 0 Å². The van der Waals surface area contributed by atoms with E-state index in [1.54, 1.807) is 11.1 Å². The average Bonchev–Trinajstić information content (AvgIpc) is 3.73. The molecule has 2 saturated carbocycles. The van der Waals surface area contributed by atoms with Crippen molar-refractivity contribution in [1.29, 1.82) is 0 Å². The Morgan fingerprint density at radius 1 is 0.619 bits per heavy atom. The topological polar surface area (TPSA) is 43.6 Å². The van der Waals surface area contributed by atoms with Crippen LogP contribution < -0.4 is 0 Å². The van der Waals surface area contributed by atoms with Gasteiger partial charge >= 0.3 is 0 Å². The molecular weight excluding hydrogens is 533 g/mol. The lowest BCUT2D eigenvalue weighted by atomic mass is 9.74. The number of fused-ring (bicyclic) bond motifs is 2. The first-order valence-electron chi connectivity index (χ1n) is 15.7. The molecule has 2 fully saturated rings. The fraction of sp³-hybridized carbons (Fsp3) is 0.324. The molecule has 6 aromatic rings. The zero-order valence-electron chi connectivity index (χ0n) is 24.0. The highest BCUT2D eigenvalue weighted by molar-refractivity contribution is 7.13. The molecule has 2 aliphatic carbocycles. The first-order valence-corrected chi connectivity index (χ1v) is 16.5. The van der Waals surface area contributed by atoms with E-state index in [-0.39, 0.29) is 0 Å². The van der Waals surface area contributed by atoms with Gasteiger partial charge in [-0.05, 0) is 108 Å². The summed E-state index contributed by atoms with van der Waals surface area (Å²) < 4.78 is 7.78. The van der Waals surface area contributed by atoms with Crippen LogP contribution in [0.2, 0.25) is 0 Å². The van der Waals surface area contributed by atoms with Crippen molar-refractivity contribution in [3.8, 4) is 16.8 Å². The molecule has 2 unspecified atom stereocenters. The maximum atomic E-state index is 4.78. The third-order valence-electron chi connectivity index (χ3n) is 9.87. The minimum atomic E-state index is 0.519. The predicted octanol–water partition coefficient (Wildman–Crippen LogP) is 10.2. The van der Waals surface area contributed by atoms with E-state index < -0.39 is 0 Å². The maximum Gasteiger partial charge on any atom is 0.106 e. The summed E-state index contributed by atoms with van der Waals surface area (Å²) in [4.78, 5) is 4.78. The van der Waals surface area contributed by atoms with Gasteiger partial charge in [0.1, 0.15) is 11.8 Å². The van der Waals surface area contributed by atoms with E-state index in [1.807, 2.05) is 6.33 Å². The molecule has 0 spiro atoms. The van der Waals surface area contributed by atoms with Crippen molar-refractivity contribution in [2.45, 2.75) is 75.5 Å². The molecule has 210 valence electrons. The highest BCUT2D eigenvalue weighted by atomic mass is 32.1. The molecule has 2 atom stereocenters. The van der Waals surface area contributed by atoms with E-state index >= 15 is 0 Å². The summed E-state index contributed by atoms with van der Waals surface area (Å²) in [6.07, 6.45) is 13.8. The van der Waals surface area contributed by atoms with Crippen LogP contribution in [-0.4, -0.2) is 19.1 Å². The van der Waals surface area contributed by atoms with E-state index in [9.17, 15) is 0 Å². The summed E-state index contributed by atoms with van der Waals surface area (Å²) in [5.74, 6) is 1.89. The number of nitrogens with zero attached hydrogens (tertiary/aromatic N) is 4. The zero-order valence-corrected chi connectivity index (χ0v) is 24.8. The van der Waals surface area contributed by atoms with Gasteiger partial charge in [-0.3, -0.25) is 4.57 Å². The van der Waals surface area contributed by atoms with Crippen LogP contribution in [0.25, 0.3) is 38.1 Å². The number of para-hydroxylation sites is 2. The van der Waals surface area contributed by atoms with Gasteiger partial charge in [-0.15, -0.1) is 5.10 Å². The predicted molar refractivity (Wildman–Crippen MR) is 174 cm³/mol. The van der Waals surface area contributed by atoms with Gasteiger partial charge in [-0.25, -0.2) is 4.98 Å². The fourth-order valence-electron chi connectivity index (χ4n) is 7.71. The molecule has 2 aliphatic rings. The second-order valence-electron chi connectivity index (χ2n) is 12.4. The molecule has 4 aromatic carbocycles. The normalized spacial score (nSPS) is 19.9. The number of benzene rings is 4. The SMILES string of the molecule is c1ccc(-n2cnc3cccc(-c4cc(C5CCCC(c6cccc(C7CCCCC7)c6)C5)cc5nnsc45)c32)cc1. The van der Waals surface area contributed by atoms with Crippen molar-refractivity contribution < 1.29 is 0 Å². The standard InChI is InChI=1S/C37H36N4S/c1-3-10-25(11-4-1)26-12-7-13-27(20-26)28-14-8-15-29(21-28)30-22-33(37-35(23-30)39-40-42-37)32-18-9-19-34-36(32)41(24-38-34)31-16-5-2-6-17-31/h2,5-7,9,12-13,16-20,22-25,28-29H,1,3-4,8,10-11,14-15,21H2. The Labute approximate surface area is 251 Å². The molecule has 0 aliphatic heterocycles. The van der Waals surface area contributed by atoms with Crippen molar-refractivity contribution in [2.75, 3.05) is 0 Å². The van der Waals surface area contributed by atoms with E-state index in [0.29, 0.717) is 11.8 Å². The van der Waals surface area contributed by atoms with Gasteiger partial charge < -0.3 is 0 Å². The second kappa shape index (κ2) is 11.1. The molecule has 2 aromatic heterocycles. The number of rotatable bonds is 5. The first kappa shape index (κ1) is 25.8. The van der Waals surface area contributed by atoms with Crippen molar-refractivity contribution in [1.82, 2.24) is 19.1 Å². The summed E-state index contributed by atoms with van der Waals surface area (Å²) in [6.45, 7) is 0. The minimum Gasteiger partial charge on any atom is -0.298 e. The lowest BCUT2D eigenvalue weighted by molar-refractivity contribution is 0.393. The molecular formula is C37H36N4S. The Kier molecular flexibility index (Phi) is 6.83. The van der Waals surface area contributed by atoms with Crippen LogP contribution in [0.1, 0.15) is 92.2 Å². The van der Waals surface area contributed by atoms with Gasteiger partial charge in [-0.1, -0.05) is 84.8 Å². The Hall–Kier alpha value is -3.83. The first-order chi connectivity index (χ1) is 20.8. The summed E-state index contributed by atoms with van der Waals surface area (Å²) in [5.41, 5.74) is 11.2. The van der Waals surface area contributed by atoms with Crippen LogP contribution in [0.15, 0.2) is 91.3 Å². The zero-order chi connectivity index (χ0) is 27.9. The van der Waals surface area contributed by atoms with Crippen LogP contribution in [0.4, 0.5) is 0 Å². The van der Waals surface area contributed by atoms with Crippen molar-refractivity contribution in [2.24, 2.45) is 0 Å². The molecule has 0 radical (unpaired) electrons. The molecule has 8 rings (SSSR count). The van der Waals surface area contributed by atoms with Crippen LogP contribution in [0.3, 0.4) is 0 Å². The van der Waals surface area contributed by atoms with Crippen LogP contribution in [0.5, 0.6) is 0 Å². The summed E-state index contributed by atoms with van der Waals surface area (Å²) in [6, 6.07) is 31.4. The molecule has 5 heteroatoms. The lowest BCUT2D eigenvalue weighted by Gasteiger charge is -2.31. The third kappa shape index (κ3) is 4.74. The molecule has 0 amide bonds. The quantitative estimate of drug-likeness (QED) is 0.208. The smallest absolute Gasteiger partial charge is 0.106 e. The van der Waals surface area contributed by atoms with Gasteiger partial charge in [0.2, 0.25) is 0 Å². The van der Waals surface area contributed by atoms with E-state index in [1.165, 1.54) is 86.0 Å². The van der Waals surface area contributed by atoms with Crippen molar-refractivity contribution in [3.05, 3.63) is 108 Å². The summed E-state index contributed by atoms with van der Waals surface area (Å²) in [7, 11) is 0. The number of hydrogen-bond donors (Lipinski definition) is 0. The van der Waals surface area contributed by atoms with E-state index in [4.69, 9.17) is 4.98 Å². The van der Waals surface area contributed by atoms with E-state index in [2.05, 4.69) is 99.1 Å². The average molecular weight is 569 g/mol. The van der Waals surface area contributed by atoms with Gasteiger partial charge in [-0.2, -0.15) is 0 Å². The van der Waals surface area contributed by atoms with Crippen LogP contribution >= 0.6 is 11.5 Å². The highest BCUT2D eigenvalue weighted by Crippen LogP contribution is 2.45. The van der Waals surface area contributed by atoms with Gasteiger partial charge in [0.05, 0.1) is 15.7 Å². The highest BCUT2D eigenvalue weighted by Gasteiger charge is 2.27. The number of hydrogen-bond acceptors (Lipinski definition) is 4. The van der Waals surface area contributed by atoms with Crippen LogP contribution in [0, 0.1) is 0 Å². The monoisotopic (exact) mass is 568 g/mol. The molecule has 4 nitrogen and oxygen atoms in total. The van der Waals surface area contributed by atoms with Crippen molar-refractivity contribution in [3.63, 3.8) is 0 Å². The third-order valence-corrected chi connectivity index (χ3v) is 10.6. The Bertz CT molecular complexity index is 1850. The molecule has 0 saturated heterocycles. The maximum absolute atomic E-state index is 4.78. The number of imidazole rings is 1. The molecule has 2 heterocycles. The Morgan fingerprint density at radius 3 is 2.24 bits per heavy atom. The summed E-state index contributed by atoms with van der Waals surface area (Å²) in [5, 5.41) is 4.60. The minimum absolute atomic E-state index is 0.519. The van der Waals surface area contributed by atoms with Gasteiger partial charge in [0.15, 0.2) is 0 Å². The van der Waals surface area contributed by atoms with E-state index in [0.717, 1.165) is 32.9 Å². The lowest BCUT2D eigenvalue weighted by Crippen LogP contribution is -2.14. The summed E-state index contributed by atoms with van der Waals surface area (Å²) >= 11 is 1.50.